The van der Waals surface area contributed by atoms with Crippen molar-refractivity contribution in [2.45, 2.75) is 13.0 Å². The minimum atomic E-state index is -2.90. The van der Waals surface area contributed by atoms with Gasteiger partial charge in [0.15, 0.2) is 0 Å². The zero-order valence-corrected chi connectivity index (χ0v) is 15.0. The van der Waals surface area contributed by atoms with Crippen molar-refractivity contribution < 1.29 is 17.6 Å². The van der Waals surface area contributed by atoms with Gasteiger partial charge in [0, 0.05) is 11.8 Å². The summed E-state index contributed by atoms with van der Waals surface area (Å²) in [7, 11) is 0. The van der Waals surface area contributed by atoms with Gasteiger partial charge in [-0.05, 0) is 18.2 Å². The Hall–Kier alpha value is -4.09. The molecular weight excluding hydrogens is 401 g/mol. The van der Waals surface area contributed by atoms with Gasteiger partial charge < -0.3 is 9.40 Å². The molecule has 9 nitrogen and oxygen atoms in total. The van der Waals surface area contributed by atoms with Crippen molar-refractivity contribution in [3.05, 3.63) is 60.4 Å². The summed E-state index contributed by atoms with van der Waals surface area (Å²) in [4.78, 5) is 11.2. The molecule has 0 bridgehead atoms. The molecule has 0 unspecified atom stereocenters. The van der Waals surface area contributed by atoms with E-state index in [9.17, 15) is 13.2 Å². The molecule has 12 heteroatoms. The summed E-state index contributed by atoms with van der Waals surface area (Å²) in [6.07, 6.45) is 1.63. The zero-order chi connectivity index (χ0) is 20.7. The lowest BCUT2D eigenvalue weighted by atomic mass is 10.1. The van der Waals surface area contributed by atoms with Gasteiger partial charge in [-0.2, -0.15) is 8.78 Å². The molecule has 0 amide bonds. The fourth-order valence-corrected chi connectivity index (χ4v) is 2.90. The maximum Gasteiger partial charge on any atom is 0.314 e. The van der Waals surface area contributed by atoms with Gasteiger partial charge in [0.25, 0.3) is 5.89 Å². The second kappa shape index (κ2) is 7.06. The minimum absolute atomic E-state index is 0.0253. The third-order valence-corrected chi connectivity index (χ3v) is 4.36. The van der Waals surface area contributed by atoms with Crippen LogP contribution in [0.2, 0.25) is 0 Å². The monoisotopic (exact) mass is 412 g/mol. The van der Waals surface area contributed by atoms with Crippen molar-refractivity contribution in [2.75, 3.05) is 0 Å². The number of aromatic amines is 1. The molecule has 1 N–H and O–H groups in total. The Morgan fingerprint density at radius 3 is 2.77 bits per heavy atom. The molecule has 150 valence electrons. The summed E-state index contributed by atoms with van der Waals surface area (Å²) in [6.45, 7) is 0.0253. The van der Waals surface area contributed by atoms with E-state index in [-0.39, 0.29) is 23.7 Å². The number of pyridine rings is 1. The molecule has 4 heterocycles. The quantitative estimate of drug-likeness (QED) is 0.471. The van der Waals surface area contributed by atoms with Crippen LogP contribution in [0, 0.1) is 5.82 Å². The average molecular weight is 412 g/mol. The first-order valence-electron chi connectivity index (χ1n) is 8.67. The van der Waals surface area contributed by atoms with Crippen molar-refractivity contribution in [1.29, 1.82) is 0 Å². The Balaban J connectivity index is 1.36. The molecule has 0 radical (unpaired) electrons. The lowest BCUT2D eigenvalue weighted by molar-refractivity contribution is 0.116. The highest BCUT2D eigenvalue weighted by atomic mass is 19.3. The van der Waals surface area contributed by atoms with Gasteiger partial charge in [-0.25, -0.2) is 14.1 Å². The average Bonchev–Trinajstić information content (AvgIpc) is 3.49. The summed E-state index contributed by atoms with van der Waals surface area (Å²) in [5, 5.41) is 14.8. The van der Waals surface area contributed by atoms with E-state index >= 15 is 0 Å². The third kappa shape index (κ3) is 3.27. The fraction of sp³-hybridized carbons (Fsp3) is 0.111. The van der Waals surface area contributed by atoms with Gasteiger partial charge in [0.05, 0.1) is 41.4 Å². The predicted molar refractivity (Wildman–Crippen MR) is 96.7 cm³/mol. The zero-order valence-electron chi connectivity index (χ0n) is 15.0. The highest BCUT2D eigenvalue weighted by Crippen LogP contribution is 2.24. The Bertz CT molecular complexity index is 1340. The second-order valence-electron chi connectivity index (χ2n) is 6.33. The molecule has 0 spiro atoms. The van der Waals surface area contributed by atoms with Gasteiger partial charge in [-0.1, -0.05) is 11.3 Å². The normalized spacial score (nSPS) is 11.6. The van der Waals surface area contributed by atoms with Crippen molar-refractivity contribution in [2.24, 2.45) is 0 Å². The van der Waals surface area contributed by atoms with Crippen molar-refractivity contribution in [3.63, 3.8) is 0 Å². The molecule has 1 aromatic carbocycles. The van der Waals surface area contributed by atoms with Crippen molar-refractivity contribution >= 4 is 11.0 Å². The predicted octanol–water partition coefficient (Wildman–Crippen LogP) is 3.39. The summed E-state index contributed by atoms with van der Waals surface area (Å²) in [6, 6.07) is 6.71. The van der Waals surface area contributed by atoms with Gasteiger partial charge in [0.2, 0.25) is 5.89 Å². The number of fused-ring (bicyclic) bond motifs is 1. The van der Waals surface area contributed by atoms with E-state index < -0.39 is 18.1 Å². The molecule has 0 aliphatic rings. The van der Waals surface area contributed by atoms with Crippen LogP contribution in [-0.2, 0) is 6.54 Å². The van der Waals surface area contributed by atoms with Crippen LogP contribution in [0.4, 0.5) is 13.2 Å². The van der Waals surface area contributed by atoms with Crippen molar-refractivity contribution in [1.82, 2.24) is 40.1 Å². The van der Waals surface area contributed by atoms with E-state index in [1.165, 1.54) is 10.9 Å². The van der Waals surface area contributed by atoms with Crippen LogP contribution in [0.5, 0.6) is 0 Å². The first-order valence-corrected chi connectivity index (χ1v) is 8.67. The molecule has 0 atom stereocenters. The first-order chi connectivity index (χ1) is 14.6. The lowest BCUT2D eigenvalue weighted by Gasteiger charge is -2.03. The van der Waals surface area contributed by atoms with Crippen LogP contribution in [0.3, 0.4) is 0 Å². The lowest BCUT2D eigenvalue weighted by Crippen LogP contribution is -2.05. The van der Waals surface area contributed by atoms with Crippen LogP contribution in [0.1, 0.15) is 18.0 Å². The number of hydrogen-bond donors (Lipinski definition) is 1. The van der Waals surface area contributed by atoms with Crippen LogP contribution in [0.25, 0.3) is 33.7 Å². The number of imidazole rings is 1. The van der Waals surface area contributed by atoms with E-state index in [1.54, 1.807) is 12.5 Å². The number of halogens is 3. The Kier molecular flexibility index (Phi) is 4.23. The Morgan fingerprint density at radius 2 is 1.97 bits per heavy atom. The molecule has 5 aromatic rings. The maximum absolute atomic E-state index is 14.5. The number of nitrogens with zero attached hydrogens (tertiary/aromatic N) is 7. The molecular formula is C18H11F3N8O. The topological polar surface area (TPSA) is 111 Å². The van der Waals surface area contributed by atoms with Gasteiger partial charge in [0.1, 0.15) is 11.5 Å². The molecule has 0 saturated heterocycles. The third-order valence-electron chi connectivity index (χ3n) is 4.36. The Morgan fingerprint density at radius 1 is 1.07 bits per heavy atom. The smallest absolute Gasteiger partial charge is 0.314 e. The number of hydrogen-bond acceptors (Lipinski definition) is 7. The van der Waals surface area contributed by atoms with E-state index in [4.69, 9.17) is 4.42 Å². The second-order valence-corrected chi connectivity index (χ2v) is 6.33. The maximum atomic E-state index is 14.5. The van der Waals surface area contributed by atoms with Crippen molar-refractivity contribution in [3.8, 4) is 22.7 Å². The Labute approximate surface area is 165 Å². The number of nitrogens with one attached hydrogen (secondary N) is 1. The summed E-state index contributed by atoms with van der Waals surface area (Å²) < 4.78 is 45.9. The van der Waals surface area contributed by atoms with E-state index in [2.05, 4.69) is 35.5 Å². The van der Waals surface area contributed by atoms with Gasteiger partial charge in [-0.3, -0.25) is 4.98 Å². The molecule has 5 rings (SSSR count). The SMILES string of the molecule is Fc1cc(-c2nnc(C(F)F)o2)cnc1Cn1cc(-c2ccc3nc[nH]c3c2)nn1. The number of benzene rings is 1. The van der Waals surface area contributed by atoms with E-state index in [1.807, 2.05) is 18.2 Å². The minimum Gasteiger partial charge on any atom is -0.415 e. The van der Waals surface area contributed by atoms with Gasteiger partial charge in [-0.15, -0.1) is 15.3 Å². The number of aromatic nitrogens is 8. The number of H-pyrrole nitrogens is 1. The van der Waals surface area contributed by atoms with E-state index in [0.29, 0.717) is 5.69 Å². The van der Waals surface area contributed by atoms with Crippen LogP contribution in [0.15, 0.2) is 47.4 Å². The van der Waals surface area contributed by atoms with Crippen LogP contribution < -0.4 is 0 Å². The van der Waals surface area contributed by atoms with Crippen LogP contribution >= 0.6 is 0 Å². The molecule has 0 aliphatic carbocycles. The fourth-order valence-electron chi connectivity index (χ4n) is 2.90. The van der Waals surface area contributed by atoms with Gasteiger partial charge >= 0.3 is 6.43 Å². The highest BCUT2D eigenvalue weighted by Gasteiger charge is 2.18. The first kappa shape index (κ1) is 18.0. The summed E-state index contributed by atoms with van der Waals surface area (Å²) in [5.41, 5.74) is 3.32. The number of alkyl halides is 2. The molecule has 0 fully saturated rings. The largest absolute Gasteiger partial charge is 0.415 e. The highest BCUT2D eigenvalue weighted by molar-refractivity contribution is 5.80. The standard InChI is InChI=1S/C18H11F3N8O/c19-11-3-10(17-26-27-18(30-17)16(20)21)5-22-15(11)7-29-6-14(25-28-29)9-1-2-12-13(4-9)24-8-23-12/h1-6,8,16H,7H2,(H,23,24). The van der Waals surface area contributed by atoms with Crippen LogP contribution in [-0.4, -0.2) is 40.1 Å². The summed E-state index contributed by atoms with van der Waals surface area (Å²) in [5.74, 6) is -1.74. The van der Waals surface area contributed by atoms with E-state index in [0.717, 1.165) is 22.7 Å². The summed E-state index contributed by atoms with van der Waals surface area (Å²) >= 11 is 0. The number of rotatable bonds is 5. The molecule has 4 aromatic heterocycles. The molecule has 30 heavy (non-hydrogen) atoms. The molecule has 0 aliphatic heterocycles. The molecule has 0 saturated carbocycles.